The van der Waals surface area contributed by atoms with Gasteiger partial charge in [0.05, 0.1) is 30.4 Å². The third kappa shape index (κ3) is 4.79. The lowest BCUT2D eigenvalue weighted by Crippen LogP contribution is -2.50. The summed E-state index contributed by atoms with van der Waals surface area (Å²) in [6, 6.07) is 21.1. The number of hydrogen-bond acceptors (Lipinski definition) is 5. The van der Waals surface area contributed by atoms with E-state index in [9.17, 15) is 14.0 Å². The van der Waals surface area contributed by atoms with Gasteiger partial charge in [0.1, 0.15) is 11.4 Å². The molecule has 0 aromatic heterocycles. The number of benzene rings is 3. The van der Waals surface area contributed by atoms with Crippen LogP contribution in [0, 0.1) is 12.7 Å². The van der Waals surface area contributed by atoms with Crippen molar-refractivity contribution in [2.24, 2.45) is 0 Å². The van der Waals surface area contributed by atoms with Gasteiger partial charge in [-0.25, -0.2) is 9.18 Å². The van der Waals surface area contributed by atoms with E-state index in [1.54, 1.807) is 19.1 Å². The van der Waals surface area contributed by atoms with E-state index in [4.69, 9.17) is 21.1 Å². The molecule has 3 unspecified atom stereocenters. The van der Waals surface area contributed by atoms with E-state index in [2.05, 4.69) is 10.6 Å². The average Bonchev–Trinajstić information content (AvgIpc) is 3.50. The Bertz CT molecular complexity index is 1410. The second kappa shape index (κ2) is 10.6. The van der Waals surface area contributed by atoms with Gasteiger partial charge >= 0.3 is 5.97 Å². The number of methoxy groups -OCH3 is 1. The van der Waals surface area contributed by atoms with Gasteiger partial charge in [0.2, 0.25) is 0 Å². The largest absolute Gasteiger partial charge is 0.466 e. The van der Waals surface area contributed by atoms with Crippen LogP contribution in [-0.2, 0) is 25.5 Å². The maximum atomic E-state index is 14.1. The van der Waals surface area contributed by atoms with Gasteiger partial charge < -0.3 is 20.1 Å². The lowest BCUT2D eigenvalue weighted by molar-refractivity contribution is -0.138. The first-order valence-electron chi connectivity index (χ1n) is 12.5. The predicted molar refractivity (Wildman–Crippen MR) is 145 cm³/mol. The molecule has 2 heterocycles. The van der Waals surface area contributed by atoms with Crippen molar-refractivity contribution >= 4 is 34.9 Å². The zero-order valence-corrected chi connectivity index (χ0v) is 21.8. The number of anilines is 2. The fraction of sp³-hybridized carbons (Fsp3) is 0.267. The number of amides is 1. The third-order valence-electron chi connectivity index (χ3n) is 7.27. The van der Waals surface area contributed by atoms with Crippen molar-refractivity contribution < 1.29 is 23.5 Å². The smallest absolute Gasteiger partial charge is 0.337 e. The molecule has 0 radical (unpaired) electrons. The van der Waals surface area contributed by atoms with Crippen molar-refractivity contribution in [1.82, 2.24) is 0 Å². The molecule has 1 amide bonds. The van der Waals surface area contributed by atoms with E-state index < -0.39 is 35.4 Å². The van der Waals surface area contributed by atoms with Crippen LogP contribution in [0.25, 0.3) is 0 Å². The van der Waals surface area contributed by atoms with E-state index >= 15 is 0 Å². The Morgan fingerprint density at radius 2 is 1.84 bits per heavy atom. The highest BCUT2D eigenvalue weighted by Crippen LogP contribution is 2.51. The summed E-state index contributed by atoms with van der Waals surface area (Å²) in [6.07, 6.45) is 0.874. The number of esters is 1. The molecule has 5 rings (SSSR count). The summed E-state index contributed by atoms with van der Waals surface area (Å²) in [5, 5.41) is 6.88. The number of carbonyl (C=O) groups is 2. The van der Waals surface area contributed by atoms with Gasteiger partial charge in [-0.15, -0.1) is 0 Å². The van der Waals surface area contributed by atoms with Crippen molar-refractivity contribution in [3.8, 4) is 0 Å². The van der Waals surface area contributed by atoms with Crippen LogP contribution >= 0.6 is 11.6 Å². The molecule has 0 saturated carbocycles. The zero-order valence-electron chi connectivity index (χ0n) is 21.1. The molecule has 2 aliphatic heterocycles. The Balaban J connectivity index is 1.57. The molecule has 3 atom stereocenters. The van der Waals surface area contributed by atoms with Gasteiger partial charge in [-0.1, -0.05) is 54.1 Å². The summed E-state index contributed by atoms with van der Waals surface area (Å²) in [7, 11) is 1.29. The van der Waals surface area contributed by atoms with Crippen LogP contribution in [0.4, 0.5) is 15.8 Å². The van der Waals surface area contributed by atoms with E-state index in [0.29, 0.717) is 35.5 Å². The van der Waals surface area contributed by atoms with Crippen molar-refractivity contribution in [1.29, 1.82) is 0 Å². The summed E-state index contributed by atoms with van der Waals surface area (Å²) in [5.74, 6) is -1.58. The fourth-order valence-corrected chi connectivity index (χ4v) is 5.60. The summed E-state index contributed by atoms with van der Waals surface area (Å²) in [4.78, 5) is 26.8. The monoisotopic (exact) mass is 534 g/mol. The molecule has 1 fully saturated rings. The molecule has 3 aromatic rings. The molecule has 6 nitrogen and oxygen atoms in total. The van der Waals surface area contributed by atoms with E-state index in [1.807, 2.05) is 54.6 Å². The molecule has 2 bridgehead atoms. The molecule has 196 valence electrons. The maximum absolute atomic E-state index is 14.1. The lowest BCUT2D eigenvalue weighted by Gasteiger charge is -2.37. The molecule has 2 N–H and O–H groups in total. The molecule has 3 aromatic carbocycles. The summed E-state index contributed by atoms with van der Waals surface area (Å²) in [5.41, 5.74) is 1.72. The minimum atomic E-state index is -1.14. The highest BCUT2D eigenvalue weighted by molar-refractivity contribution is 6.31. The van der Waals surface area contributed by atoms with E-state index in [0.717, 1.165) is 11.3 Å². The fourth-order valence-electron chi connectivity index (χ4n) is 5.39. The van der Waals surface area contributed by atoms with Crippen LogP contribution in [0.15, 0.2) is 83.9 Å². The van der Waals surface area contributed by atoms with Crippen LogP contribution in [0.1, 0.15) is 24.0 Å². The van der Waals surface area contributed by atoms with Crippen LogP contribution in [-0.4, -0.2) is 36.7 Å². The quantitative estimate of drug-likeness (QED) is 0.354. The van der Waals surface area contributed by atoms with Crippen LogP contribution in [0.5, 0.6) is 0 Å². The van der Waals surface area contributed by atoms with Crippen LogP contribution in [0.2, 0.25) is 5.02 Å². The van der Waals surface area contributed by atoms with Crippen molar-refractivity contribution in [3.63, 3.8) is 0 Å². The molecular weight excluding hydrogens is 507 g/mol. The van der Waals surface area contributed by atoms with E-state index in [1.165, 1.54) is 13.2 Å². The number of aryl methyl sites for hydroxylation is 1. The predicted octanol–water partition coefficient (Wildman–Crippen LogP) is 5.85. The van der Waals surface area contributed by atoms with Crippen LogP contribution < -0.4 is 10.6 Å². The number of halogens is 2. The molecule has 0 spiro atoms. The second-order valence-electron chi connectivity index (χ2n) is 9.59. The summed E-state index contributed by atoms with van der Waals surface area (Å²) >= 11 is 6.53. The summed E-state index contributed by atoms with van der Waals surface area (Å²) < 4.78 is 25.9. The number of rotatable bonds is 8. The van der Waals surface area contributed by atoms with Crippen molar-refractivity contribution in [2.45, 2.75) is 43.9 Å². The number of fused-ring (bicyclic) bond motifs is 2. The number of ether oxygens (including phenoxy) is 2. The molecular formula is C30H28ClFN2O4. The van der Waals surface area contributed by atoms with Gasteiger partial charge in [-0.3, -0.25) is 4.79 Å². The minimum absolute atomic E-state index is 0.182. The lowest BCUT2D eigenvalue weighted by atomic mass is 9.75. The minimum Gasteiger partial charge on any atom is -0.466 e. The Morgan fingerprint density at radius 3 is 2.55 bits per heavy atom. The first kappa shape index (κ1) is 25.9. The number of nitrogens with one attached hydrogen (secondary N) is 2. The number of hydrogen-bond donors (Lipinski definition) is 2. The standard InChI is InChI=1S/C30H28ClFN2O4/c1-18-12-13-21(17-23(18)32)34-28(35)26-24-14-15-30(38-24,27(26)29(36)37-2)25(33-20-9-4-3-5-10-20)16-19-8-6-7-11-22(19)31/h3-13,17,24-25,33H,14-16H2,1-2H3,(H,34,35). The summed E-state index contributed by atoms with van der Waals surface area (Å²) in [6.45, 7) is 1.64. The molecule has 8 heteroatoms. The van der Waals surface area contributed by atoms with Gasteiger partial charge in [-0.2, -0.15) is 0 Å². The zero-order chi connectivity index (χ0) is 26.9. The van der Waals surface area contributed by atoms with Crippen molar-refractivity contribution in [3.05, 3.63) is 106 Å². The van der Waals surface area contributed by atoms with Gasteiger partial charge in [0.15, 0.2) is 0 Å². The van der Waals surface area contributed by atoms with Gasteiger partial charge in [0.25, 0.3) is 5.91 Å². The number of para-hydroxylation sites is 1. The Labute approximate surface area is 225 Å². The second-order valence-corrected chi connectivity index (χ2v) is 10.00. The van der Waals surface area contributed by atoms with Gasteiger partial charge in [-0.05, 0) is 67.6 Å². The normalized spacial score (nSPS) is 20.8. The van der Waals surface area contributed by atoms with E-state index in [-0.39, 0.29) is 11.1 Å². The first-order valence-corrected chi connectivity index (χ1v) is 12.8. The maximum Gasteiger partial charge on any atom is 0.337 e. The average molecular weight is 535 g/mol. The Morgan fingerprint density at radius 1 is 1.11 bits per heavy atom. The highest BCUT2D eigenvalue weighted by atomic mass is 35.5. The third-order valence-corrected chi connectivity index (χ3v) is 7.64. The molecule has 38 heavy (non-hydrogen) atoms. The van der Waals surface area contributed by atoms with Crippen molar-refractivity contribution in [2.75, 3.05) is 17.7 Å². The molecule has 2 aliphatic rings. The topological polar surface area (TPSA) is 76.7 Å². The molecule has 0 aliphatic carbocycles. The SMILES string of the molecule is COC(=O)C1=C(C(=O)Nc2ccc(C)c(F)c2)C2CCC1(C(Cc1ccccc1Cl)Nc1ccccc1)O2. The molecule has 1 saturated heterocycles. The first-order chi connectivity index (χ1) is 18.3. The highest BCUT2D eigenvalue weighted by Gasteiger charge is 2.60. The Kier molecular flexibility index (Phi) is 7.23. The Hall–Kier alpha value is -3.68. The number of carbonyl (C=O) groups excluding carboxylic acids is 2. The van der Waals surface area contributed by atoms with Gasteiger partial charge in [0, 0.05) is 16.4 Å². The van der Waals surface area contributed by atoms with Crippen LogP contribution in [0.3, 0.4) is 0 Å².